The van der Waals surface area contributed by atoms with Gasteiger partial charge in [0.25, 0.3) is 0 Å². The second-order valence-electron chi connectivity index (χ2n) is 5.59. The number of Topliss-reactive ketones (excluding diaryl/α,β-unsaturated/α-hetero) is 1. The van der Waals surface area contributed by atoms with Crippen molar-refractivity contribution in [3.8, 4) is 0 Å². The number of nitrogens with one attached hydrogen (secondary N) is 1. The molecule has 1 spiro atoms. The molecule has 3 aliphatic rings. The summed E-state index contributed by atoms with van der Waals surface area (Å²) in [5.41, 5.74) is 9.83. The van der Waals surface area contributed by atoms with E-state index < -0.39 is 46.0 Å². The minimum atomic E-state index is -4.90. The van der Waals surface area contributed by atoms with Crippen molar-refractivity contribution in [2.24, 2.45) is 27.3 Å². The maximum atomic E-state index is 12.8. The van der Waals surface area contributed by atoms with Crippen LogP contribution in [0.1, 0.15) is 6.42 Å². The summed E-state index contributed by atoms with van der Waals surface area (Å²) in [5, 5.41) is 2.65. The van der Waals surface area contributed by atoms with Crippen LogP contribution in [0.3, 0.4) is 0 Å². The van der Waals surface area contributed by atoms with Crippen molar-refractivity contribution in [1.82, 2.24) is 10.2 Å². The van der Waals surface area contributed by atoms with Gasteiger partial charge in [-0.05, 0) is 0 Å². The van der Waals surface area contributed by atoms with Crippen molar-refractivity contribution >= 4 is 34.1 Å². The molecular formula is C10H15N7O7S. The van der Waals surface area contributed by atoms with Crippen LogP contribution in [0.2, 0.25) is 0 Å². The number of nitrogens with zero attached hydrogens (tertiary/aromatic N) is 3. The van der Waals surface area contributed by atoms with Crippen LogP contribution in [0.4, 0.5) is 0 Å². The smallest absolute Gasteiger partial charge is 0.373 e. The minimum absolute atomic E-state index is 0.133. The molecule has 0 aromatic rings. The lowest BCUT2D eigenvalue weighted by molar-refractivity contribution is -0.145. The fourth-order valence-corrected chi connectivity index (χ4v) is 3.74. The van der Waals surface area contributed by atoms with Gasteiger partial charge in [0.2, 0.25) is 11.4 Å². The number of carbonyl (C=O) groups excluding carboxylic acids is 2. The van der Waals surface area contributed by atoms with Crippen molar-refractivity contribution in [3.05, 3.63) is 0 Å². The molecule has 3 heterocycles. The summed E-state index contributed by atoms with van der Waals surface area (Å²) >= 11 is 0. The number of nitrogens with two attached hydrogens (primary N) is 3. The second-order valence-corrected chi connectivity index (χ2v) is 6.63. The lowest BCUT2D eigenvalue weighted by atomic mass is 9.88. The fourth-order valence-electron chi connectivity index (χ4n) is 3.30. The molecule has 0 radical (unpaired) electrons. The topological polar surface area (TPSA) is 225 Å². The first kappa shape index (κ1) is 17.3. The first-order valence-electron chi connectivity index (χ1n) is 6.90. The van der Waals surface area contributed by atoms with Crippen LogP contribution in [0.5, 0.6) is 0 Å². The van der Waals surface area contributed by atoms with E-state index in [4.69, 9.17) is 21.9 Å². The Morgan fingerprint density at radius 3 is 2.72 bits per heavy atom. The first-order valence-corrected chi connectivity index (χ1v) is 8.27. The van der Waals surface area contributed by atoms with Crippen molar-refractivity contribution < 1.29 is 31.6 Å². The molecule has 1 saturated heterocycles. The van der Waals surface area contributed by atoms with Crippen molar-refractivity contribution in [2.75, 3.05) is 6.54 Å². The van der Waals surface area contributed by atoms with Crippen LogP contribution in [-0.4, -0.2) is 71.9 Å². The standard InChI is InChI=1S/C10H15N7O7S/c11-8-15-6-3(1-5(18)23-13)14-9(12)17-2-4(24-25(20,21)22)7(19)10(6,17)16-8/h3-4,6H,1-2,13H2,(H2,12,14)(H3,11,15,16)(H,20,21,22)/t3-,4+,6-,10?/m0/s1. The highest BCUT2D eigenvalue weighted by Crippen LogP contribution is 2.39. The summed E-state index contributed by atoms with van der Waals surface area (Å²) in [6.07, 6.45) is -1.91. The highest BCUT2D eigenvalue weighted by Gasteiger charge is 2.66. The zero-order chi connectivity index (χ0) is 18.6. The van der Waals surface area contributed by atoms with E-state index in [1.165, 1.54) is 4.90 Å². The number of aliphatic imine (C=N–C) groups is 2. The zero-order valence-electron chi connectivity index (χ0n) is 12.5. The summed E-state index contributed by atoms with van der Waals surface area (Å²) in [5.74, 6) is 2.91. The van der Waals surface area contributed by atoms with Crippen LogP contribution in [-0.2, 0) is 29.0 Å². The highest BCUT2D eigenvalue weighted by molar-refractivity contribution is 7.80. The molecule has 8 N–H and O–H groups in total. The lowest BCUT2D eigenvalue weighted by Crippen LogP contribution is -2.71. The first-order chi connectivity index (χ1) is 11.6. The molecule has 0 aromatic heterocycles. The number of guanidine groups is 2. The molecule has 1 unspecified atom stereocenters. The Bertz CT molecular complexity index is 795. The van der Waals surface area contributed by atoms with Gasteiger partial charge in [-0.25, -0.2) is 14.2 Å². The molecule has 0 amide bonds. The average molecular weight is 377 g/mol. The molecule has 138 valence electrons. The summed E-state index contributed by atoms with van der Waals surface area (Å²) < 4.78 is 35.2. The molecule has 0 aromatic carbocycles. The predicted octanol–water partition coefficient (Wildman–Crippen LogP) is -4.45. The second kappa shape index (κ2) is 5.51. The van der Waals surface area contributed by atoms with E-state index in [-0.39, 0.29) is 24.9 Å². The van der Waals surface area contributed by atoms with Gasteiger partial charge in [0.05, 0.1) is 19.0 Å². The van der Waals surface area contributed by atoms with Gasteiger partial charge in [-0.15, -0.1) is 0 Å². The maximum absolute atomic E-state index is 12.8. The SMILES string of the molecule is NOC(=O)C[C@@H]1N=C(N)N2C[C@@H](OS(=O)(=O)O)C(=O)C23NC(N)=N[C@@H]13. The summed E-state index contributed by atoms with van der Waals surface area (Å²) in [4.78, 5) is 37.8. The Balaban J connectivity index is 2.01. The van der Waals surface area contributed by atoms with Crippen molar-refractivity contribution in [3.63, 3.8) is 0 Å². The van der Waals surface area contributed by atoms with E-state index >= 15 is 0 Å². The normalized spacial score (nSPS) is 33.9. The molecule has 3 aliphatic heterocycles. The van der Waals surface area contributed by atoms with E-state index in [1.54, 1.807) is 0 Å². The average Bonchev–Trinajstić information content (AvgIpc) is 2.98. The van der Waals surface area contributed by atoms with Crippen LogP contribution in [0.15, 0.2) is 9.98 Å². The Morgan fingerprint density at radius 2 is 2.12 bits per heavy atom. The number of rotatable bonds is 4. The Hall–Kier alpha value is -2.49. The van der Waals surface area contributed by atoms with Crippen LogP contribution >= 0.6 is 0 Å². The molecule has 3 rings (SSSR count). The van der Waals surface area contributed by atoms with Gasteiger partial charge in [0, 0.05) is 0 Å². The van der Waals surface area contributed by atoms with Gasteiger partial charge >= 0.3 is 16.4 Å². The van der Waals surface area contributed by atoms with Crippen LogP contribution < -0.4 is 22.7 Å². The zero-order valence-corrected chi connectivity index (χ0v) is 13.3. The van der Waals surface area contributed by atoms with Crippen LogP contribution in [0, 0.1) is 0 Å². The van der Waals surface area contributed by atoms with Crippen LogP contribution in [0.25, 0.3) is 0 Å². The molecule has 1 fully saturated rings. The van der Waals surface area contributed by atoms with Crippen molar-refractivity contribution in [2.45, 2.75) is 30.3 Å². The van der Waals surface area contributed by atoms with Gasteiger partial charge in [0.15, 0.2) is 18.0 Å². The third-order valence-electron chi connectivity index (χ3n) is 4.15. The van der Waals surface area contributed by atoms with E-state index in [0.29, 0.717) is 0 Å². The summed E-state index contributed by atoms with van der Waals surface area (Å²) in [7, 11) is -4.90. The monoisotopic (exact) mass is 377 g/mol. The lowest BCUT2D eigenvalue weighted by Gasteiger charge is -2.43. The van der Waals surface area contributed by atoms with E-state index in [9.17, 15) is 18.0 Å². The van der Waals surface area contributed by atoms with E-state index in [2.05, 4.69) is 24.3 Å². The molecule has 14 nitrogen and oxygen atoms in total. The molecule has 0 saturated carbocycles. The number of hydrogen-bond donors (Lipinski definition) is 5. The third-order valence-corrected chi connectivity index (χ3v) is 4.63. The Morgan fingerprint density at radius 1 is 1.44 bits per heavy atom. The van der Waals surface area contributed by atoms with Gasteiger partial charge in [-0.2, -0.15) is 14.3 Å². The molecular weight excluding hydrogens is 362 g/mol. The third kappa shape index (κ3) is 2.66. The van der Waals surface area contributed by atoms with Crippen molar-refractivity contribution in [1.29, 1.82) is 0 Å². The van der Waals surface area contributed by atoms with Gasteiger partial charge < -0.3 is 26.5 Å². The van der Waals surface area contributed by atoms with Gasteiger partial charge in [0.1, 0.15) is 6.04 Å². The van der Waals surface area contributed by atoms with Gasteiger partial charge in [-0.1, -0.05) is 0 Å². The quantitative estimate of drug-likeness (QED) is 0.231. The largest absolute Gasteiger partial charge is 0.398 e. The van der Waals surface area contributed by atoms with E-state index in [0.717, 1.165) is 0 Å². The molecule has 0 bridgehead atoms. The minimum Gasteiger partial charge on any atom is -0.373 e. The number of ketones is 1. The highest BCUT2D eigenvalue weighted by atomic mass is 32.3. The maximum Gasteiger partial charge on any atom is 0.398 e. The predicted molar refractivity (Wildman–Crippen MR) is 79.7 cm³/mol. The fraction of sp³-hybridized carbons (Fsp3) is 0.600. The molecule has 25 heavy (non-hydrogen) atoms. The van der Waals surface area contributed by atoms with E-state index in [1.807, 2.05) is 0 Å². The Labute approximate surface area is 140 Å². The Kier molecular flexibility index (Phi) is 3.82. The molecule has 0 aliphatic carbocycles. The molecule has 15 heteroatoms. The summed E-state index contributed by atoms with van der Waals surface area (Å²) in [6.45, 7) is -0.325. The number of carbonyl (C=O) groups is 2. The molecule has 4 atom stereocenters. The number of hydrogen-bond acceptors (Lipinski definition) is 13. The van der Waals surface area contributed by atoms with Gasteiger partial charge in [-0.3, -0.25) is 14.1 Å². The summed E-state index contributed by atoms with van der Waals surface area (Å²) in [6, 6.07) is -1.95.